The number of likely N-dealkylation sites (N-methyl/N-ethyl adjacent to an activating group) is 2. The standard InChI is InChI=1S/C46H68N6O10S/c1-11-18-34-30(6)46(59)62-39(29(4)5)45(58)52(9)38(27-33-21-16-13-17-22-33)43(56)49-35(23-24-63(10,60)61)41(54)50-36(26-32-19-14-12-15-20-32)44(57)51(8)37(25-28(2)3)42(55)47-31(7)40(53)48-34/h12-17,19-22,28-31,34-39H,11,18,23-27H2,1-10H3,(H,47,55)(H,48,53)(H,49,56)(H,50,54)/t30-,31-,34+,35-,36-,37-,38+,39+/m0/s1. The third kappa shape index (κ3) is 15.8. The van der Waals surface area contributed by atoms with Crippen molar-refractivity contribution >= 4 is 51.2 Å². The molecule has 17 heteroatoms. The summed E-state index contributed by atoms with van der Waals surface area (Å²) in [6.45, 7) is 12.1. The molecule has 0 bridgehead atoms. The molecule has 348 valence electrons. The van der Waals surface area contributed by atoms with Gasteiger partial charge in [-0.2, -0.15) is 0 Å². The molecule has 1 saturated heterocycles. The zero-order chi connectivity index (χ0) is 47.2. The molecule has 0 unspecified atom stereocenters. The summed E-state index contributed by atoms with van der Waals surface area (Å²) in [7, 11) is -0.856. The third-order valence-corrected chi connectivity index (χ3v) is 12.2. The normalized spacial score (nSPS) is 25.7. The summed E-state index contributed by atoms with van der Waals surface area (Å²) < 4.78 is 30.9. The van der Waals surface area contributed by atoms with Crippen molar-refractivity contribution in [2.75, 3.05) is 26.1 Å². The molecule has 2 aromatic rings. The van der Waals surface area contributed by atoms with E-state index in [-0.39, 0.29) is 31.6 Å². The van der Waals surface area contributed by atoms with Crippen molar-refractivity contribution in [2.24, 2.45) is 17.8 Å². The number of carbonyl (C=O) groups excluding carboxylic acids is 7. The quantitative estimate of drug-likeness (QED) is 0.229. The zero-order valence-electron chi connectivity index (χ0n) is 38.4. The molecule has 0 aliphatic carbocycles. The third-order valence-electron chi connectivity index (χ3n) is 11.3. The Bertz CT molecular complexity index is 2000. The molecule has 6 amide bonds. The van der Waals surface area contributed by atoms with E-state index in [1.54, 1.807) is 81.4 Å². The van der Waals surface area contributed by atoms with Crippen molar-refractivity contribution in [3.63, 3.8) is 0 Å². The minimum absolute atomic E-state index is 0.0303. The first-order valence-electron chi connectivity index (χ1n) is 21.7. The molecule has 63 heavy (non-hydrogen) atoms. The smallest absolute Gasteiger partial charge is 0.311 e. The number of cyclic esters (lactones) is 1. The zero-order valence-corrected chi connectivity index (χ0v) is 39.2. The van der Waals surface area contributed by atoms with E-state index in [1.807, 2.05) is 20.8 Å². The number of ether oxygens (including phenoxy) is 1. The van der Waals surface area contributed by atoms with Gasteiger partial charge in [-0.25, -0.2) is 8.42 Å². The lowest BCUT2D eigenvalue weighted by Crippen LogP contribution is -2.61. The predicted molar refractivity (Wildman–Crippen MR) is 239 cm³/mol. The molecular formula is C46H68N6O10S. The molecule has 2 aromatic carbocycles. The fourth-order valence-electron chi connectivity index (χ4n) is 7.38. The van der Waals surface area contributed by atoms with E-state index in [9.17, 15) is 42.0 Å². The van der Waals surface area contributed by atoms with Gasteiger partial charge < -0.3 is 35.8 Å². The molecule has 1 aliphatic rings. The van der Waals surface area contributed by atoms with Gasteiger partial charge in [0.05, 0.1) is 11.7 Å². The first-order valence-corrected chi connectivity index (χ1v) is 23.8. The molecule has 0 radical (unpaired) electrons. The number of esters is 1. The molecule has 3 rings (SSSR count). The Kier molecular flexibility index (Phi) is 19.8. The summed E-state index contributed by atoms with van der Waals surface area (Å²) in [5.41, 5.74) is 1.32. The lowest BCUT2D eigenvalue weighted by atomic mass is 9.96. The number of hydrogen-bond acceptors (Lipinski definition) is 10. The van der Waals surface area contributed by atoms with Crippen LogP contribution in [0.4, 0.5) is 0 Å². The Balaban J connectivity index is 2.24. The van der Waals surface area contributed by atoms with Crippen LogP contribution in [-0.2, 0) is 61.0 Å². The van der Waals surface area contributed by atoms with Gasteiger partial charge >= 0.3 is 5.97 Å². The highest BCUT2D eigenvalue weighted by Gasteiger charge is 2.40. The van der Waals surface area contributed by atoms with E-state index in [1.165, 1.54) is 25.9 Å². The molecule has 0 spiro atoms. The van der Waals surface area contributed by atoms with Gasteiger partial charge in [-0.05, 0) is 56.1 Å². The Labute approximate surface area is 372 Å². The number of benzene rings is 2. The number of rotatable bonds is 12. The van der Waals surface area contributed by atoms with E-state index in [0.29, 0.717) is 24.0 Å². The van der Waals surface area contributed by atoms with Crippen LogP contribution in [0, 0.1) is 17.8 Å². The minimum atomic E-state index is -3.68. The average molecular weight is 897 g/mol. The Hall–Kier alpha value is -5.32. The fraction of sp³-hybridized carbons (Fsp3) is 0.587. The number of nitrogens with zero attached hydrogens (tertiary/aromatic N) is 2. The Morgan fingerprint density at radius 3 is 1.70 bits per heavy atom. The van der Waals surface area contributed by atoms with E-state index >= 15 is 0 Å². The second-order valence-electron chi connectivity index (χ2n) is 17.5. The van der Waals surface area contributed by atoms with Crippen molar-refractivity contribution in [2.45, 2.75) is 129 Å². The molecule has 1 heterocycles. The lowest BCUT2D eigenvalue weighted by Gasteiger charge is -2.35. The Morgan fingerprint density at radius 2 is 1.17 bits per heavy atom. The first kappa shape index (κ1) is 52.0. The topological polar surface area (TPSA) is 217 Å². The highest BCUT2D eigenvalue weighted by molar-refractivity contribution is 7.90. The van der Waals surface area contributed by atoms with Crippen molar-refractivity contribution in [3.05, 3.63) is 71.8 Å². The molecule has 8 atom stereocenters. The van der Waals surface area contributed by atoms with Crippen LogP contribution in [0.15, 0.2) is 60.7 Å². The van der Waals surface area contributed by atoms with Crippen LogP contribution in [0.25, 0.3) is 0 Å². The molecule has 0 aromatic heterocycles. The van der Waals surface area contributed by atoms with Crippen LogP contribution >= 0.6 is 0 Å². The second-order valence-corrected chi connectivity index (χ2v) is 19.8. The van der Waals surface area contributed by atoms with Gasteiger partial charge in [-0.15, -0.1) is 0 Å². The predicted octanol–water partition coefficient (Wildman–Crippen LogP) is 2.58. The van der Waals surface area contributed by atoms with Crippen LogP contribution < -0.4 is 21.3 Å². The highest BCUT2D eigenvalue weighted by Crippen LogP contribution is 2.21. The summed E-state index contributed by atoms with van der Waals surface area (Å²) in [5, 5.41) is 11.1. The largest absolute Gasteiger partial charge is 0.452 e. The van der Waals surface area contributed by atoms with E-state index in [0.717, 1.165) is 11.2 Å². The van der Waals surface area contributed by atoms with E-state index in [2.05, 4.69) is 21.3 Å². The minimum Gasteiger partial charge on any atom is -0.452 e. The van der Waals surface area contributed by atoms with Gasteiger partial charge in [0.2, 0.25) is 29.5 Å². The summed E-state index contributed by atoms with van der Waals surface area (Å²) >= 11 is 0. The number of amides is 6. The first-order chi connectivity index (χ1) is 29.5. The maximum atomic E-state index is 14.6. The van der Waals surface area contributed by atoms with E-state index in [4.69, 9.17) is 4.74 Å². The molecule has 16 nitrogen and oxygen atoms in total. The maximum absolute atomic E-state index is 14.6. The molecule has 1 fully saturated rings. The lowest BCUT2D eigenvalue weighted by molar-refractivity contribution is -0.168. The second kappa shape index (κ2) is 23.9. The van der Waals surface area contributed by atoms with Crippen molar-refractivity contribution < 1.29 is 46.7 Å². The van der Waals surface area contributed by atoms with Crippen LogP contribution in [-0.4, -0.2) is 128 Å². The summed E-state index contributed by atoms with van der Waals surface area (Å²) in [6.07, 6.45) is 0.310. The van der Waals surface area contributed by atoms with Gasteiger partial charge in [0.25, 0.3) is 5.91 Å². The van der Waals surface area contributed by atoms with Gasteiger partial charge in [0.15, 0.2) is 6.10 Å². The van der Waals surface area contributed by atoms with Crippen LogP contribution in [0.1, 0.15) is 85.3 Å². The van der Waals surface area contributed by atoms with Crippen molar-refractivity contribution in [3.8, 4) is 0 Å². The van der Waals surface area contributed by atoms with Crippen LogP contribution in [0.3, 0.4) is 0 Å². The van der Waals surface area contributed by atoms with Gasteiger partial charge in [0.1, 0.15) is 40.0 Å². The molecule has 4 N–H and O–H groups in total. The number of nitrogens with one attached hydrogen (secondary N) is 4. The monoisotopic (exact) mass is 896 g/mol. The number of sulfone groups is 1. The summed E-state index contributed by atoms with van der Waals surface area (Å²) in [4.78, 5) is 102. The van der Waals surface area contributed by atoms with Gasteiger partial charge in [-0.3, -0.25) is 33.6 Å². The van der Waals surface area contributed by atoms with Gasteiger partial charge in [-0.1, -0.05) is 102 Å². The molecule has 1 aliphatic heterocycles. The highest BCUT2D eigenvalue weighted by atomic mass is 32.2. The number of hydrogen-bond donors (Lipinski definition) is 4. The van der Waals surface area contributed by atoms with Crippen molar-refractivity contribution in [1.82, 2.24) is 31.1 Å². The van der Waals surface area contributed by atoms with Crippen LogP contribution in [0.5, 0.6) is 0 Å². The maximum Gasteiger partial charge on any atom is 0.311 e. The Morgan fingerprint density at radius 1 is 0.651 bits per heavy atom. The van der Waals surface area contributed by atoms with Gasteiger partial charge in [0, 0.05) is 39.2 Å². The number of carbonyl (C=O) groups is 7. The van der Waals surface area contributed by atoms with E-state index < -0.39 is 111 Å². The SMILES string of the molecule is CCC[C@H]1NC(=O)[C@H](C)NC(=O)[C@H](CC(C)C)N(C)C(=O)[C@H](Cc2ccccc2)NC(=O)[C@H](CCS(C)(=O)=O)NC(=O)[C@@H](Cc2ccccc2)N(C)C(=O)[C@@H](C(C)C)OC(=O)[C@H]1C. The summed E-state index contributed by atoms with van der Waals surface area (Å²) in [6, 6.07) is 10.6. The molecule has 0 saturated carbocycles. The fourth-order valence-corrected chi connectivity index (χ4v) is 8.05. The van der Waals surface area contributed by atoms with Crippen molar-refractivity contribution in [1.29, 1.82) is 0 Å². The molecular weight excluding hydrogens is 829 g/mol. The summed E-state index contributed by atoms with van der Waals surface area (Å²) in [5.74, 6) is -7.12. The van der Waals surface area contributed by atoms with Crippen LogP contribution in [0.2, 0.25) is 0 Å². The average Bonchev–Trinajstić information content (AvgIpc) is 3.23.